The Morgan fingerprint density at radius 1 is 1.21 bits per heavy atom. The maximum atomic E-state index is 13.6. The zero-order valence-corrected chi connectivity index (χ0v) is 12.0. The van der Waals surface area contributed by atoms with Crippen molar-refractivity contribution in [2.45, 2.75) is 26.2 Å². The molecular weight excluding hydrogens is 243 g/mol. The minimum atomic E-state index is -0.328. The third-order valence-corrected chi connectivity index (χ3v) is 3.10. The van der Waals surface area contributed by atoms with Gasteiger partial charge in [-0.2, -0.15) is 0 Å². The van der Waals surface area contributed by atoms with E-state index in [-0.39, 0.29) is 11.2 Å². The van der Waals surface area contributed by atoms with Crippen LogP contribution in [0.4, 0.5) is 10.1 Å². The number of hydrogen-bond donors (Lipinski definition) is 1. The standard InChI is InChI=1S/C15H19FN2O/c1-15(2,3)13-8-11(17-4)10-6-9(16)7-12(19-5)14(10)18-13/h6-8H,1-5H3,(H,17,18). The van der Waals surface area contributed by atoms with Gasteiger partial charge in [-0.25, -0.2) is 9.37 Å². The Balaban J connectivity index is 2.85. The van der Waals surface area contributed by atoms with E-state index in [9.17, 15) is 4.39 Å². The molecule has 19 heavy (non-hydrogen) atoms. The molecular formula is C15H19FN2O. The zero-order chi connectivity index (χ0) is 14.2. The molecule has 0 amide bonds. The molecule has 4 heteroatoms. The second-order valence-electron chi connectivity index (χ2n) is 5.56. The molecule has 0 spiro atoms. The summed E-state index contributed by atoms with van der Waals surface area (Å²) in [5.74, 6) is 0.128. The lowest BCUT2D eigenvalue weighted by molar-refractivity contribution is 0.415. The fourth-order valence-corrected chi connectivity index (χ4v) is 2.01. The number of aromatic nitrogens is 1. The largest absolute Gasteiger partial charge is 0.494 e. The molecule has 102 valence electrons. The summed E-state index contributed by atoms with van der Waals surface area (Å²) in [4.78, 5) is 4.64. The highest BCUT2D eigenvalue weighted by Crippen LogP contribution is 2.34. The van der Waals surface area contributed by atoms with Gasteiger partial charge in [-0.3, -0.25) is 0 Å². The van der Waals surface area contributed by atoms with E-state index in [1.54, 1.807) is 0 Å². The highest BCUT2D eigenvalue weighted by atomic mass is 19.1. The third kappa shape index (κ3) is 2.48. The predicted octanol–water partition coefficient (Wildman–Crippen LogP) is 3.72. The quantitative estimate of drug-likeness (QED) is 0.895. The molecule has 1 aromatic heterocycles. The van der Waals surface area contributed by atoms with Crippen LogP contribution in [-0.2, 0) is 5.41 Å². The zero-order valence-electron chi connectivity index (χ0n) is 12.0. The van der Waals surface area contributed by atoms with Crippen LogP contribution in [0.25, 0.3) is 10.9 Å². The van der Waals surface area contributed by atoms with E-state index in [0.717, 1.165) is 16.8 Å². The van der Waals surface area contributed by atoms with Crippen molar-refractivity contribution in [3.63, 3.8) is 0 Å². The average molecular weight is 262 g/mol. The molecule has 1 N–H and O–H groups in total. The van der Waals surface area contributed by atoms with Crippen LogP contribution in [0.15, 0.2) is 18.2 Å². The van der Waals surface area contributed by atoms with E-state index in [4.69, 9.17) is 4.74 Å². The second-order valence-corrected chi connectivity index (χ2v) is 5.56. The van der Waals surface area contributed by atoms with Gasteiger partial charge < -0.3 is 10.1 Å². The van der Waals surface area contributed by atoms with E-state index in [1.165, 1.54) is 19.2 Å². The minimum Gasteiger partial charge on any atom is -0.494 e. The Bertz CT molecular complexity index is 618. The number of anilines is 1. The average Bonchev–Trinajstić information content (AvgIpc) is 2.35. The summed E-state index contributed by atoms with van der Waals surface area (Å²) in [6.45, 7) is 6.28. The first kappa shape index (κ1) is 13.6. The molecule has 0 radical (unpaired) electrons. The van der Waals surface area contributed by atoms with Crippen LogP contribution in [0.5, 0.6) is 5.75 Å². The molecule has 0 bridgehead atoms. The van der Waals surface area contributed by atoms with Crippen molar-refractivity contribution in [1.29, 1.82) is 0 Å². The van der Waals surface area contributed by atoms with E-state index in [2.05, 4.69) is 31.1 Å². The molecule has 0 fully saturated rings. The first-order valence-corrected chi connectivity index (χ1v) is 6.23. The van der Waals surface area contributed by atoms with Gasteiger partial charge in [-0.1, -0.05) is 20.8 Å². The molecule has 1 heterocycles. The van der Waals surface area contributed by atoms with E-state index in [1.807, 2.05) is 13.1 Å². The summed E-state index contributed by atoms with van der Waals surface area (Å²) in [6, 6.07) is 4.80. The van der Waals surface area contributed by atoms with Crippen molar-refractivity contribution in [3.8, 4) is 5.75 Å². The number of benzene rings is 1. The number of rotatable bonds is 2. The SMILES string of the molecule is CNc1cc(C(C)(C)C)nc2c(OC)cc(F)cc12. The monoisotopic (exact) mass is 262 g/mol. The first-order valence-electron chi connectivity index (χ1n) is 6.23. The number of halogens is 1. The number of nitrogens with one attached hydrogen (secondary N) is 1. The Hall–Kier alpha value is -1.84. The van der Waals surface area contributed by atoms with E-state index < -0.39 is 0 Å². The smallest absolute Gasteiger partial charge is 0.148 e. The summed E-state index contributed by atoms with van der Waals surface area (Å²) in [7, 11) is 3.34. The Labute approximate surface area is 112 Å². The van der Waals surface area contributed by atoms with Crippen LogP contribution in [0, 0.1) is 5.82 Å². The van der Waals surface area contributed by atoms with E-state index in [0.29, 0.717) is 11.3 Å². The van der Waals surface area contributed by atoms with Gasteiger partial charge in [0.05, 0.1) is 7.11 Å². The minimum absolute atomic E-state index is 0.0841. The van der Waals surface area contributed by atoms with Gasteiger partial charge in [-0.15, -0.1) is 0 Å². The van der Waals surface area contributed by atoms with Crippen LogP contribution in [-0.4, -0.2) is 19.1 Å². The van der Waals surface area contributed by atoms with Crippen LogP contribution < -0.4 is 10.1 Å². The maximum absolute atomic E-state index is 13.6. The van der Waals surface area contributed by atoms with Crippen molar-refractivity contribution in [3.05, 3.63) is 29.7 Å². The molecule has 0 atom stereocenters. The lowest BCUT2D eigenvalue weighted by Crippen LogP contribution is -2.14. The molecule has 0 saturated carbocycles. The van der Waals surface area contributed by atoms with Crippen LogP contribution in [0.1, 0.15) is 26.5 Å². The molecule has 0 aliphatic heterocycles. The molecule has 0 aliphatic carbocycles. The van der Waals surface area contributed by atoms with Crippen LogP contribution >= 0.6 is 0 Å². The Morgan fingerprint density at radius 3 is 2.42 bits per heavy atom. The van der Waals surface area contributed by atoms with Gasteiger partial charge in [-0.05, 0) is 12.1 Å². The molecule has 3 nitrogen and oxygen atoms in total. The van der Waals surface area contributed by atoms with Crippen molar-refractivity contribution in [1.82, 2.24) is 4.98 Å². The lowest BCUT2D eigenvalue weighted by Gasteiger charge is -2.20. The fraction of sp³-hybridized carbons (Fsp3) is 0.400. The number of nitrogens with zero attached hydrogens (tertiary/aromatic N) is 1. The maximum Gasteiger partial charge on any atom is 0.148 e. The third-order valence-electron chi connectivity index (χ3n) is 3.10. The van der Waals surface area contributed by atoms with Crippen LogP contribution in [0.3, 0.4) is 0 Å². The molecule has 1 aromatic carbocycles. The second kappa shape index (κ2) is 4.68. The summed E-state index contributed by atoms with van der Waals surface area (Å²) < 4.78 is 18.8. The molecule has 0 aliphatic rings. The number of hydrogen-bond acceptors (Lipinski definition) is 3. The van der Waals surface area contributed by atoms with E-state index >= 15 is 0 Å². The lowest BCUT2D eigenvalue weighted by atomic mass is 9.90. The fourth-order valence-electron chi connectivity index (χ4n) is 2.01. The van der Waals surface area contributed by atoms with Gasteiger partial charge in [0.2, 0.25) is 0 Å². The van der Waals surface area contributed by atoms with Crippen LogP contribution in [0.2, 0.25) is 0 Å². The predicted molar refractivity (Wildman–Crippen MR) is 76.5 cm³/mol. The number of pyridine rings is 1. The van der Waals surface area contributed by atoms with Crippen molar-refractivity contribution < 1.29 is 9.13 Å². The number of ether oxygens (including phenoxy) is 1. The molecule has 0 unspecified atom stereocenters. The highest BCUT2D eigenvalue weighted by Gasteiger charge is 2.19. The van der Waals surface area contributed by atoms with Crippen molar-refractivity contribution >= 4 is 16.6 Å². The van der Waals surface area contributed by atoms with Gasteiger partial charge >= 0.3 is 0 Å². The number of methoxy groups -OCH3 is 1. The van der Waals surface area contributed by atoms with Gasteiger partial charge in [0.1, 0.15) is 17.1 Å². The topological polar surface area (TPSA) is 34.2 Å². The van der Waals surface area contributed by atoms with Gasteiger partial charge in [0.25, 0.3) is 0 Å². The molecule has 2 rings (SSSR count). The Kier molecular flexibility index (Phi) is 3.35. The summed E-state index contributed by atoms with van der Waals surface area (Å²) in [6.07, 6.45) is 0. The first-order chi connectivity index (χ1) is 8.86. The normalized spacial score (nSPS) is 11.7. The summed E-state index contributed by atoms with van der Waals surface area (Å²) in [5.41, 5.74) is 2.39. The highest BCUT2D eigenvalue weighted by molar-refractivity contribution is 5.95. The van der Waals surface area contributed by atoms with Gasteiger partial charge in [0.15, 0.2) is 0 Å². The number of fused-ring (bicyclic) bond motifs is 1. The summed E-state index contributed by atoms with van der Waals surface area (Å²) in [5, 5.41) is 3.83. The summed E-state index contributed by atoms with van der Waals surface area (Å²) >= 11 is 0. The van der Waals surface area contributed by atoms with Crippen molar-refractivity contribution in [2.24, 2.45) is 0 Å². The Morgan fingerprint density at radius 2 is 1.89 bits per heavy atom. The van der Waals surface area contributed by atoms with Gasteiger partial charge in [0, 0.05) is 35.3 Å². The molecule has 2 aromatic rings. The van der Waals surface area contributed by atoms with Crippen molar-refractivity contribution in [2.75, 3.05) is 19.5 Å². The molecule has 0 saturated heterocycles.